The van der Waals surface area contributed by atoms with E-state index in [1.54, 1.807) is 31.5 Å². The number of pyridine rings is 1. The van der Waals surface area contributed by atoms with Gasteiger partial charge in [-0.15, -0.1) is 5.10 Å². The minimum absolute atomic E-state index is 0.0413. The van der Waals surface area contributed by atoms with Crippen molar-refractivity contribution in [2.24, 2.45) is 5.10 Å². The third kappa shape index (κ3) is 2.88. The van der Waals surface area contributed by atoms with Gasteiger partial charge < -0.3 is 5.73 Å². The molecule has 0 unspecified atom stereocenters. The van der Waals surface area contributed by atoms with Gasteiger partial charge >= 0.3 is 0 Å². The summed E-state index contributed by atoms with van der Waals surface area (Å²) < 4.78 is 5.75. The summed E-state index contributed by atoms with van der Waals surface area (Å²) in [5.74, 6) is -0.323. The van der Waals surface area contributed by atoms with E-state index in [4.69, 9.17) is 5.73 Å². The van der Waals surface area contributed by atoms with Gasteiger partial charge in [0, 0.05) is 18.0 Å². The van der Waals surface area contributed by atoms with Gasteiger partial charge in [-0.2, -0.15) is 9.78 Å². The maximum Gasteiger partial charge on any atom is 0.293 e. The van der Waals surface area contributed by atoms with Crippen LogP contribution in [0.4, 0.5) is 5.82 Å². The first kappa shape index (κ1) is 14.3. The lowest BCUT2D eigenvalue weighted by Crippen LogP contribution is -2.19. The van der Waals surface area contributed by atoms with Crippen LogP contribution in [0.3, 0.4) is 0 Å². The van der Waals surface area contributed by atoms with Crippen molar-refractivity contribution in [2.75, 3.05) is 5.73 Å². The average Bonchev–Trinajstić information content (AvgIpc) is 3.14. The Bertz CT molecular complexity index is 853. The standard InChI is InChI=1S/C12H11N9O2/c1-7-9(16-20-21(7)11-10(13)18-23-19-11)12(22)17-15-6-8-3-2-4-14-5-8/h2-6H,1H3,(H2,13,18)(H,17,22)/b15-6-. The second-order valence-corrected chi connectivity index (χ2v) is 4.39. The van der Waals surface area contributed by atoms with Crippen LogP contribution in [0.2, 0.25) is 0 Å². The fourth-order valence-corrected chi connectivity index (χ4v) is 1.75. The van der Waals surface area contributed by atoms with Crippen LogP contribution in [-0.2, 0) is 0 Å². The van der Waals surface area contributed by atoms with Crippen LogP contribution < -0.4 is 11.2 Å². The van der Waals surface area contributed by atoms with E-state index in [1.807, 2.05) is 0 Å². The molecule has 116 valence electrons. The number of carbonyl (C=O) groups is 1. The number of hydrazone groups is 1. The molecule has 3 aromatic heterocycles. The highest BCUT2D eigenvalue weighted by Gasteiger charge is 2.20. The van der Waals surface area contributed by atoms with Crippen LogP contribution in [0.25, 0.3) is 5.82 Å². The van der Waals surface area contributed by atoms with Crippen molar-refractivity contribution in [2.45, 2.75) is 6.92 Å². The van der Waals surface area contributed by atoms with E-state index in [0.29, 0.717) is 5.69 Å². The quantitative estimate of drug-likeness (QED) is 0.492. The summed E-state index contributed by atoms with van der Waals surface area (Å²) in [7, 11) is 0. The minimum Gasteiger partial charge on any atom is -0.378 e. The molecule has 0 aliphatic carbocycles. The Labute approximate surface area is 129 Å². The summed E-state index contributed by atoms with van der Waals surface area (Å²) in [5, 5.41) is 18.5. The van der Waals surface area contributed by atoms with Gasteiger partial charge in [0.2, 0.25) is 11.6 Å². The lowest BCUT2D eigenvalue weighted by molar-refractivity contribution is 0.0949. The van der Waals surface area contributed by atoms with Crippen molar-refractivity contribution in [1.29, 1.82) is 0 Å². The minimum atomic E-state index is -0.524. The second-order valence-electron chi connectivity index (χ2n) is 4.39. The number of aromatic nitrogens is 6. The molecular formula is C12H11N9O2. The maximum atomic E-state index is 12.1. The molecule has 0 aliphatic heterocycles. The molecule has 1 amide bonds. The Morgan fingerprint density at radius 3 is 3.04 bits per heavy atom. The fraction of sp³-hybridized carbons (Fsp3) is 0.0833. The summed E-state index contributed by atoms with van der Waals surface area (Å²) in [6, 6.07) is 3.56. The summed E-state index contributed by atoms with van der Waals surface area (Å²) >= 11 is 0. The Kier molecular flexibility index (Phi) is 3.74. The molecule has 3 rings (SSSR count). The largest absolute Gasteiger partial charge is 0.378 e. The van der Waals surface area contributed by atoms with Crippen molar-refractivity contribution in [1.82, 2.24) is 35.7 Å². The number of carbonyl (C=O) groups excluding carboxylic acids is 1. The van der Waals surface area contributed by atoms with Crippen molar-refractivity contribution in [3.05, 3.63) is 41.5 Å². The molecule has 3 N–H and O–H groups in total. The van der Waals surface area contributed by atoms with Crippen molar-refractivity contribution in [3.8, 4) is 5.82 Å². The number of nitrogens with zero attached hydrogens (tertiary/aromatic N) is 7. The molecule has 0 saturated heterocycles. The summed E-state index contributed by atoms with van der Waals surface area (Å²) in [4.78, 5) is 16.0. The monoisotopic (exact) mass is 313 g/mol. The second kappa shape index (κ2) is 6.01. The van der Waals surface area contributed by atoms with Crippen molar-refractivity contribution < 1.29 is 9.42 Å². The fourth-order valence-electron chi connectivity index (χ4n) is 1.75. The topological polar surface area (TPSA) is 150 Å². The molecule has 0 fully saturated rings. The van der Waals surface area contributed by atoms with E-state index in [0.717, 1.165) is 5.56 Å². The van der Waals surface area contributed by atoms with Gasteiger partial charge in [-0.1, -0.05) is 11.3 Å². The van der Waals surface area contributed by atoms with E-state index in [2.05, 4.69) is 40.8 Å². The Morgan fingerprint density at radius 1 is 1.48 bits per heavy atom. The van der Waals surface area contributed by atoms with Gasteiger partial charge in [0.1, 0.15) is 0 Å². The Morgan fingerprint density at radius 2 is 2.35 bits per heavy atom. The molecule has 11 heteroatoms. The van der Waals surface area contributed by atoms with Gasteiger partial charge in [0.05, 0.1) is 11.9 Å². The van der Waals surface area contributed by atoms with Gasteiger partial charge in [0.25, 0.3) is 5.91 Å². The van der Waals surface area contributed by atoms with Crippen LogP contribution in [-0.4, -0.2) is 42.4 Å². The van der Waals surface area contributed by atoms with Crippen molar-refractivity contribution >= 4 is 17.9 Å². The Balaban J connectivity index is 1.75. The summed E-state index contributed by atoms with van der Waals surface area (Å²) in [6.45, 7) is 1.63. The number of nitrogens with two attached hydrogens (primary N) is 1. The van der Waals surface area contributed by atoms with E-state index in [1.165, 1.54) is 10.9 Å². The smallest absolute Gasteiger partial charge is 0.293 e. The van der Waals surface area contributed by atoms with Crippen LogP contribution in [0.5, 0.6) is 0 Å². The molecule has 11 nitrogen and oxygen atoms in total. The third-order valence-electron chi connectivity index (χ3n) is 2.87. The van der Waals surface area contributed by atoms with E-state index in [-0.39, 0.29) is 17.3 Å². The molecule has 23 heavy (non-hydrogen) atoms. The number of nitrogen functional groups attached to an aromatic ring is 1. The van der Waals surface area contributed by atoms with Crippen LogP contribution >= 0.6 is 0 Å². The lowest BCUT2D eigenvalue weighted by Gasteiger charge is -1.99. The zero-order valence-electron chi connectivity index (χ0n) is 11.9. The normalized spacial score (nSPS) is 11.0. The molecule has 0 aliphatic rings. The van der Waals surface area contributed by atoms with Crippen LogP contribution in [0.15, 0.2) is 34.3 Å². The van der Waals surface area contributed by atoms with Crippen LogP contribution in [0, 0.1) is 6.92 Å². The van der Waals surface area contributed by atoms with Gasteiger partial charge in [-0.25, -0.2) is 10.1 Å². The van der Waals surface area contributed by atoms with E-state index >= 15 is 0 Å². The third-order valence-corrected chi connectivity index (χ3v) is 2.87. The average molecular weight is 313 g/mol. The number of hydrogen-bond acceptors (Lipinski definition) is 9. The zero-order chi connectivity index (χ0) is 16.2. The number of hydrogen-bond donors (Lipinski definition) is 2. The predicted octanol–water partition coefficient (Wildman–Crippen LogP) is -0.300. The maximum absolute atomic E-state index is 12.1. The molecule has 0 saturated carbocycles. The number of anilines is 1. The Hall–Kier alpha value is -3.63. The van der Waals surface area contributed by atoms with Crippen LogP contribution in [0.1, 0.15) is 21.7 Å². The highest BCUT2D eigenvalue weighted by Crippen LogP contribution is 2.14. The van der Waals surface area contributed by atoms with E-state index < -0.39 is 5.91 Å². The van der Waals surface area contributed by atoms with Gasteiger partial charge in [-0.05, 0) is 23.3 Å². The number of nitrogens with one attached hydrogen (secondary N) is 1. The number of rotatable bonds is 4. The molecule has 3 aromatic rings. The summed E-state index contributed by atoms with van der Waals surface area (Å²) in [5.41, 5.74) is 9.19. The lowest BCUT2D eigenvalue weighted by atomic mass is 10.3. The molecule has 0 atom stereocenters. The summed E-state index contributed by atoms with van der Waals surface area (Å²) in [6.07, 6.45) is 4.71. The van der Waals surface area contributed by atoms with Gasteiger partial charge in [-0.3, -0.25) is 9.78 Å². The zero-order valence-corrected chi connectivity index (χ0v) is 11.9. The van der Waals surface area contributed by atoms with Crippen molar-refractivity contribution in [3.63, 3.8) is 0 Å². The molecule has 0 bridgehead atoms. The van der Waals surface area contributed by atoms with Gasteiger partial charge in [0.15, 0.2) is 5.69 Å². The molecule has 3 heterocycles. The first-order valence-corrected chi connectivity index (χ1v) is 6.41. The first-order chi connectivity index (χ1) is 11.2. The molecule has 0 radical (unpaired) electrons. The highest BCUT2D eigenvalue weighted by molar-refractivity contribution is 5.94. The molecule has 0 aromatic carbocycles. The first-order valence-electron chi connectivity index (χ1n) is 6.41. The molecule has 0 spiro atoms. The number of amides is 1. The SMILES string of the molecule is Cc1c(C(=O)N/N=C\c2cccnc2)nnn1-c1nonc1N. The van der Waals surface area contributed by atoms with E-state index in [9.17, 15) is 4.79 Å². The predicted molar refractivity (Wildman–Crippen MR) is 77.7 cm³/mol. The highest BCUT2D eigenvalue weighted by atomic mass is 16.6. The molecular weight excluding hydrogens is 302 g/mol.